The lowest BCUT2D eigenvalue weighted by molar-refractivity contribution is 0.504. The smallest absolute Gasteiger partial charge is 0.0105 e. The topological polar surface area (TPSA) is 12.0 Å². The van der Waals surface area contributed by atoms with Gasteiger partial charge in [-0.2, -0.15) is 0 Å². The van der Waals surface area contributed by atoms with Crippen LogP contribution >= 0.6 is 0 Å². The lowest BCUT2D eigenvalue weighted by Crippen LogP contribution is -2.27. The highest BCUT2D eigenvalue weighted by Crippen LogP contribution is 2.10. The first-order valence-electron chi connectivity index (χ1n) is 6.10. The lowest BCUT2D eigenvalue weighted by Gasteiger charge is -2.15. The zero-order valence-corrected chi connectivity index (χ0v) is 10.5. The van der Waals surface area contributed by atoms with Crippen molar-refractivity contribution in [2.45, 2.75) is 38.6 Å². The Labute approximate surface area is 99.6 Å². The normalized spacial score (nSPS) is 12.4. The summed E-state index contributed by atoms with van der Waals surface area (Å²) in [4.78, 5) is 0. The molecular formula is C15H23N. The van der Waals surface area contributed by atoms with Crippen LogP contribution in [0, 0.1) is 6.92 Å². The van der Waals surface area contributed by atoms with Gasteiger partial charge in [-0.1, -0.05) is 35.9 Å². The maximum absolute atomic E-state index is 3.76. The van der Waals surface area contributed by atoms with Crippen LogP contribution in [0.25, 0.3) is 0 Å². The molecule has 1 rings (SSSR count). The van der Waals surface area contributed by atoms with E-state index in [0.717, 1.165) is 12.8 Å². The third-order valence-corrected chi connectivity index (χ3v) is 2.97. The van der Waals surface area contributed by atoms with E-state index in [4.69, 9.17) is 0 Å². The molecule has 0 spiro atoms. The van der Waals surface area contributed by atoms with E-state index in [1.807, 2.05) is 13.1 Å². The van der Waals surface area contributed by atoms with E-state index in [-0.39, 0.29) is 0 Å². The Morgan fingerprint density at radius 3 is 2.56 bits per heavy atom. The number of hydrogen-bond acceptors (Lipinski definition) is 1. The van der Waals surface area contributed by atoms with Crippen LogP contribution in [0.5, 0.6) is 0 Å². The van der Waals surface area contributed by atoms with Crippen LogP contribution in [-0.4, -0.2) is 13.1 Å². The first kappa shape index (κ1) is 13.0. The lowest BCUT2D eigenvalue weighted by atomic mass is 10.0. The minimum Gasteiger partial charge on any atom is -0.317 e. The van der Waals surface area contributed by atoms with Crippen molar-refractivity contribution in [2.75, 3.05) is 7.05 Å². The fourth-order valence-corrected chi connectivity index (χ4v) is 1.87. The summed E-state index contributed by atoms with van der Waals surface area (Å²) < 4.78 is 0. The third kappa shape index (κ3) is 4.63. The molecule has 16 heavy (non-hydrogen) atoms. The molecule has 0 saturated carbocycles. The van der Waals surface area contributed by atoms with Crippen molar-refractivity contribution < 1.29 is 0 Å². The summed E-state index contributed by atoms with van der Waals surface area (Å²) in [6.07, 6.45) is 6.68. The van der Waals surface area contributed by atoms with Crippen LogP contribution in [0.2, 0.25) is 0 Å². The second-order valence-electron chi connectivity index (χ2n) is 4.39. The van der Waals surface area contributed by atoms with Crippen LogP contribution in [0.1, 0.15) is 30.4 Å². The molecule has 0 aliphatic rings. The highest BCUT2D eigenvalue weighted by atomic mass is 14.9. The van der Waals surface area contributed by atoms with Gasteiger partial charge in [-0.3, -0.25) is 0 Å². The van der Waals surface area contributed by atoms with Gasteiger partial charge < -0.3 is 5.32 Å². The molecule has 1 heteroatoms. The monoisotopic (exact) mass is 217 g/mol. The first-order valence-corrected chi connectivity index (χ1v) is 6.10. The van der Waals surface area contributed by atoms with Crippen molar-refractivity contribution >= 4 is 0 Å². The van der Waals surface area contributed by atoms with Crippen molar-refractivity contribution in [1.82, 2.24) is 5.32 Å². The molecule has 88 valence electrons. The summed E-state index contributed by atoms with van der Waals surface area (Å²) in [6.45, 7) is 5.89. The average molecular weight is 217 g/mol. The van der Waals surface area contributed by atoms with Crippen LogP contribution in [-0.2, 0) is 6.42 Å². The van der Waals surface area contributed by atoms with Crippen LogP contribution in [0.15, 0.2) is 36.9 Å². The summed E-state index contributed by atoms with van der Waals surface area (Å²) in [5, 5.41) is 3.39. The number of allylic oxidation sites excluding steroid dienone is 1. The van der Waals surface area contributed by atoms with E-state index in [2.05, 4.69) is 43.1 Å². The molecular weight excluding hydrogens is 194 g/mol. The molecule has 0 aliphatic carbocycles. The SMILES string of the molecule is C=CCCCC(Cc1ccc(C)cc1)NC. The van der Waals surface area contributed by atoms with Gasteiger partial charge in [0.2, 0.25) is 0 Å². The molecule has 0 heterocycles. The van der Waals surface area contributed by atoms with Crippen LogP contribution in [0.3, 0.4) is 0 Å². The predicted molar refractivity (Wildman–Crippen MR) is 71.8 cm³/mol. The van der Waals surface area contributed by atoms with Crippen LogP contribution < -0.4 is 5.32 Å². The third-order valence-electron chi connectivity index (χ3n) is 2.97. The molecule has 1 atom stereocenters. The summed E-state index contributed by atoms with van der Waals surface area (Å²) >= 11 is 0. The molecule has 1 nitrogen and oxygen atoms in total. The second kappa shape index (κ2) is 7.24. The van der Waals surface area contributed by atoms with Crippen molar-refractivity contribution in [2.24, 2.45) is 0 Å². The molecule has 0 radical (unpaired) electrons. The second-order valence-corrected chi connectivity index (χ2v) is 4.39. The minimum absolute atomic E-state index is 0.586. The zero-order valence-electron chi connectivity index (χ0n) is 10.5. The Kier molecular flexibility index (Phi) is 5.87. The molecule has 1 unspecified atom stereocenters. The molecule has 1 N–H and O–H groups in total. The van der Waals surface area contributed by atoms with Gasteiger partial charge in [0, 0.05) is 6.04 Å². The highest BCUT2D eigenvalue weighted by Gasteiger charge is 2.06. The molecule has 0 amide bonds. The number of aryl methyl sites for hydroxylation is 1. The number of hydrogen-bond donors (Lipinski definition) is 1. The van der Waals surface area contributed by atoms with E-state index < -0.39 is 0 Å². The van der Waals surface area contributed by atoms with Gasteiger partial charge in [0.1, 0.15) is 0 Å². The molecule has 1 aromatic rings. The molecule has 0 aromatic heterocycles. The number of unbranched alkanes of at least 4 members (excludes halogenated alkanes) is 1. The molecule has 0 fully saturated rings. The standard InChI is InChI=1S/C15H23N/c1-4-5-6-7-15(16-3)12-14-10-8-13(2)9-11-14/h4,8-11,15-16H,1,5-7,12H2,2-3H3. The Bertz CT molecular complexity index is 300. The summed E-state index contributed by atoms with van der Waals surface area (Å²) in [5.74, 6) is 0. The minimum atomic E-state index is 0.586. The van der Waals surface area contributed by atoms with Crippen LogP contribution in [0.4, 0.5) is 0 Å². The van der Waals surface area contributed by atoms with E-state index in [1.54, 1.807) is 0 Å². The Hall–Kier alpha value is -1.08. The van der Waals surface area contributed by atoms with E-state index in [9.17, 15) is 0 Å². The van der Waals surface area contributed by atoms with Crippen molar-refractivity contribution in [3.63, 3.8) is 0 Å². The van der Waals surface area contributed by atoms with E-state index in [1.165, 1.54) is 24.0 Å². The van der Waals surface area contributed by atoms with Gasteiger partial charge in [-0.25, -0.2) is 0 Å². The molecule has 0 saturated heterocycles. The summed E-state index contributed by atoms with van der Waals surface area (Å²) in [7, 11) is 2.05. The predicted octanol–water partition coefficient (Wildman–Crippen LogP) is 3.48. The van der Waals surface area contributed by atoms with Gasteiger partial charge in [0.05, 0.1) is 0 Å². The Balaban J connectivity index is 2.42. The average Bonchev–Trinajstić information content (AvgIpc) is 2.31. The zero-order chi connectivity index (χ0) is 11.8. The van der Waals surface area contributed by atoms with Gasteiger partial charge in [-0.15, -0.1) is 6.58 Å². The largest absolute Gasteiger partial charge is 0.317 e. The number of nitrogens with one attached hydrogen (secondary N) is 1. The van der Waals surface area contributed by atoms with E-state index >= 15 is 0 Å². The number of likely N-dealkylation sites (N-methyl/N-ethyl adjacent to an activating group) is 1. The van der Waals surface area contributed by atoms with Gasteiger partial charge in [-0.05, 0) is 45.2 Å². The number of rotatable bonds is 7. The van der Waals surface area contributed by atoms with Crippen molar-refractivity contribution in [3.05, 3.63) is 48.0 Å². The van der Waals surface area contributed by atoms with Crippen molar-refractivity contribution in [3.8, 4) is 0 Å². The van der Waals surface area contributed by atoms with Gasteiger partial charge >= 0.3 is 0 Å². The fraction of sp³-hybridized carbons (Fsp3) is 0.467. The fourth-order valence-electron chi connectivity index (χ4n) is 1.87. The molecule has 0 aliphatic heterocycles. The van der Waals surface area contributed by atoms with Gasteiger partial charge in [0.15, 0.2) is 0 Å². The maximum atomic E-state index is 3.76. The van der Waals surface area contributed by atoms with Crippen molar-refractivity contribution in [1.29, 1.82) is 0 Å². The highest BCUT2D eigenvalue weighted by molar-refractivity contribution is 5.22. The summed E-state index contributed by atoms with van der Waals surface area (Å²) in [6, 6.07) is 9.42. The Morgan fingerprint density at radius 1 is 1.31 bits per heavy atom. The molecule has 1 aromatic carbocycles. The summed E-state index contributed by atoms with van der Waals surface area (Å²) in [5.41, 5.74) is 2.75. The Morgan fingerprint density at radius 2 is 2.00 bits per heavy atom. The maximum Gasteiger partial charge on any atom is 0.0105 e. The van der Waals surface area contributed by atoms with Gasteiger partial charge in [0.25, 0.3) is 0 Å². The number of benzene rings is 1. The first-order chi connectivity index (χ1) is 7.76. The quantitative estimate of drug-likeness (QED) is 0.544. The molecule has 0 bridgehead atoms. The van der Waals surface area contributed by atoms with E-state index in [0.29, 0.717) is 6.04 Å².